The molecule has 0 fully saturated rings. The van der Waals surface area contributed by atoms with Crippen molar-refractivity contribution in [2.45, 2.75) is 6.54 Å². The molecule has 0 unspecified atom stereocenters. The zero-order valence-corrected chi connectivity index (χ0v) is 18.4. The van der Waals surface area contributed by atoms with Crippen LogP contribution in [0.15, 0.2) is 30.3 Å². The van der Waals surface area contributed by atoms with Crippen LogP contribution in [0.1, 0.15) is 0 Å². The molecule has 0 spiro atoms. The van der Waals surface area contributed by atoms with Gasteiger partial charge in [0.05, 0.1) is 0 Å². The average Bonchev–Trinajstić information content (AvgIpc) is 3.12. The van der Waals surface area contributed by atoms with Crippen molar-refractivity contribution >= 4 is 40.5 Å². The molecule has 160 valence electrons. The number of hydrogen-bond donors (Lipinski definition) is 6. The van der Waals surface area contributed by atoms with Crippen molar-refractivity contribution in [1.82, 2.24) is 20.4 Å². The van der Waals surface area contributed by atoms with Crippen molar-refractivity contribution in [2.75, 3.05) is 51.3 Å². The number of anilines is 1. The van der Waals surface area contributed by atoms with Gasteiger partial charge in [-0.15, -0.1) is 0 Å². The zero-order chi connectivity index (χ0) is 20.9. The molecule has 4 rings (SSSR count). The summed E-state index contributed by atoms with van der Waals surface area (Å²) in [6.45, 7) is 4.39. The van der Waals surface area contributed by atoms with Gasteiger partial charge in [-0.2, -0.15) is 0 Å². The van der Waals surface area contributed by atoms with E-state index in [0.717, 1.165) is 46.6 Å². The van der Waals surface area contributed by atoms with E-state index in [9.17, 15) is 5.11 Å². The van der Waals surface area contributed by atoms with Crippen LogP contribution in [0.3, 0.4) is 0 Å². The zero-order valence-electron chi connectivity index (χ0n) is 16.7. The van der Waals surface area contributed by atoms with Gasteiger partial charge in [0, 0.05) is 0 Å². The first-order chi connectivity index (χ1) is 14.7. The van der Waals surface area contributed by atoms with E-state index < -0.39 is 0 Å². The first kappa shape index (κ1) is 21.1. The third-order valence-corrected chi connectivity index (χ3v) is 7.49. The third kappa shape index (κ3) is 4.32. The average molecular weight is 476 g/mol. The van der Waals surface area contributed by atoms with Gasteiger partial charge in [0.25, 0.3) is 0 Å². The molecule has 0 atom stereocenters. The number of aromatic nitrogens is 2. The number of nitrogens with zero attached hydrogens (tertiary/aromatic N) is 2. The number of aliphatic hydroxyl groups excluding tert-OH is 2. The maximum absolute atomic E-state index is 10.0. The molecule has 0 radical (unpaired) electrons. The van der Waals surface area contributed by atoms with Gasteiger partial charge in [-0.25, -0.2) is 0 Å². The standard InChI is InChI=1S/C21H27N5O3Se/c27-11-8-22-5-6-24-16-3-4-17-19-20(25-26(17)10-7-23-9-12-28)15-2-1-14(29)13-18(15)30-21(16)19/h1-4,13,22-24,27-29H,5-12H2. The quantitative estimate of drug-likeness (QED) is 0.121. The number of rotatable bonds is 11. The van der Waals surface area contributed by atoms with Crippen molar-refractivity contribution in [3.63, 3.8) is 0 Å². The number of aliphatic hydroxyl groups is 2. The summed E-state index contributed by atoms with van der Waals surface area (Å²) < 4.78 is 4.42. The van der Waals surface area contributed by atoms with Crippen LogP contribution >= 0.6 is 0 Å². The minimum absolute atomic E-state index is 0.0461. The van der Waals surface area contributed by atoms with Crippen molar-refractivity contribution < 1.29 is 15.3 Å². The van der Waals surface area contributed by atoms with Crippen LogP contribution in [0.4, 0.5) is 5.69 Å². The summed E-state index contributed by atoms with van der Waals surface area (Å²) in [6.07, 6.45) is 0. The first-order valence-electron chi connectivity index (χ1n) is 10.1. The van der Waals surface area contributed by atoms with Crippen LogP contribution in [0.5, 0.6) is 5.75 Å². The molecule has 1 aromatic heterocycles. The molecule has 1 aliphatic heterocycles. The van der Waals surface area contributed by atoms with Gasteiger partial charge in [-0.1, -0.05) is 0 Å². The monoisotopic (exact) mass is 477 g/mol. The van der Waals surface area contributed by atoms with Gasteiger partial charge >= 0.3 is 181 Å². The van der Waals surface area contributed by atoms with E-state index in [0.29, 0.717) is 19.6 Å². The Balaban J connectivity index is 1.68. The summed E-state index contributed by atoms with van der Waals surface area (Å²) in [5.41, 5.74) is 4.26. The van der Waals surface area contributed by atoms with Gasteiger partial charge in [0.15, 0.2) is 0 Å². The van der Waals surface area contributed by atoms with Gasteiger partial charge < -0.3 is 0 Å². The molecule has 3 aromatic rings. The van der Waals surface area contributed by atoms with Crippen LogP contribution < -0.4 is 24.9 Å². The van der Waals surface area contributed by atoms with Crippen molar-refractivity contribution in [1.29, 1.82) is 0 Å². The van der Waals surface area contributed by atoms with Gasteiger partial charge in [0.2, 0.25) is 0 Å². The van der Waals surface area contributed by atoms with Gasteiger partial charge in [-0.3, -0.25) is 0 Å². The van der Waals surface area contributed by atoms with Gasteiger partial charge in [0.1, 0.15) is 0 Å². The molecule has 0 saturated heterocycles. The number of phenolic OH excluding ortho intramolecular Hbond substituents is 1. The van der Waals surface area contributed by atoms with E-state index in [1.807, 2.05) is 16.8 Å². The Hall–Kier alpha value is -2.13. The summed E-state index contributed by atoms with van der Waals surface area (Å²) in [6, 6.07) is 9.77. The molecule has 6 N–H and O–H groups in total. The second kappa shape index (κ2) is 9.78. The topological polar surface area (TPSA) is 115 Å². The second-order valence-electron chi connectivity index (χ2n) is 7.06. The second-order valence-corrected chi connectivity index (χ2v) is 9.27. The van der Waals surface area contributed by atoms with Crippen LogP contribution in [0.2, 0.25) is 0 Å². The molecule has 2 heterocycles. The number of hydrogen-bond acceptors (Lipinski definition) is 7. The van der Waals surface area contributed by atoms with Crippen molar-refractivity contribution in [2.24, 2.45) is 0 Å². The Bertz CT molecular complexity index is 1020. The molecule has 0 amide bonds. The molecule has 2 aromatic carbocycles. The SMILES string of the molecule is OCCNCCNc1ccc2c3c(nn2CCNCCO)-c2ccc(O)cc2[Se]c13. The molecular weight excluding hydrogens is 449 g/mol. The van der Waals surface area contributed by atoms with E-state index in [-0.39, 0.29) is 33.9 Å². The summed E-state index contributed by atoms with van der Waals surface area (Å²) in [5.74, 6) is 0.279. The third-order valence-electron chi connectivity index (χ3n) is 5.00. The fraction of sp³-hybridized carbons (Fsp3) is 0.381. The Morgan fingerprint density at radius 1 is 0.933 bits per heavy atom. The van der Waals surface area contributed by atoms with Gasteiger partial charge in [-0.05, 0) is 0 Å². The number of nitrogens with one attached hydrogen (secondary N) is 3. The molecule has 30 heavy (non-hydrogen) atoms. The molecular formula is C21H27N5O3Se. The van der Waals surface area contributed by atoms with E-state index in [2.05, 4.69) is 28.1 Å². The number of benzene rings is 2. The van der Waals surface area contributed by atoms with E-state index in [1.165, 1.54) is 9.85 Å². The van der Waals surface area contributed by atoms with Crippen molar-refractivity contribution in [3.05, 3.63) is 30.3 Å². The van der Waals surface area contributed by atoms with Crippen LogP contribution in [0.25, 0.3) is 22.2 Å². The molecule has 0 aliphatic carbocycles. The fourth-order valence-corrected chi connectivity index (χ4v) is 6.20. The van der Waals surface area contributed by atoms with Crippen molar-refractivity contribution in [3.8, 4) is 17.0 Å². The van der Waals surface area contributed by atoms with Crippen LogP contribution in [-0.4, -0.2) is 86.0 Å². The Morgan fingerprint density at radius 3 is 2.53 bits per heavy atom. The summed E-state index contributed by atoms with van der Waals surface area (Å²) in [7, 11) is 0. The molecule has 1 aliphatic rings. The Labute approximate surface area is 181 Å². The number of fused-ring (bicyclic) bond motifs is 2. The van der Waals surface area contributed by atoms with E-state index in [1.54, 1.807) is 6.07 Å². The molecule has 8 nitrogen and oxygen atoms in total. The predicted molar refractivity (Wildman–Crippen MR) is 120 cm³/mol. The van der Waals surface area contributed by atoms with E-state index >= 15 is 0 Å². The molecule has 9 heteroatoms. The Morgan fingerprint density at radius 2 is 1.73 bits per heavy atom. The van der Waals surface area contributed by atoms with Crippen LogP contribution in [0, 0.1) is 0 Å². The Kier molecular flexibility index (Phi) is 6.89. The molecule has 0 saturated carbocycles. The van der Waals surface area contributed by atoms with Crippen LogP contribution in [-0.2, 0) is 6.54 Å². The fourth-order valence-electron chi connectivity index (χ4n) is 3.62. The minimum atomic E-state index is 0.0461. The first-order valence-corrected chi connectivity index (χ1v) is 11.9. The maximum atomic E-state index is 10.0. The number of phenols is 1. The normalized spacial score (nSPS) is 12.3. The summed E-state index contributed by atoms with van der Waals surface area (Å²) in [4.78, 5) is 0. The molecule has 0 bridgehead atoms. The predicted octanol–water partition coefficient (Wildman–Crippen LogP) is -1.05. The summed E-state index contributed by atoms with van der Waals surface area (Å²) in [5, 5.41) is 43.9. The van der Waals surface area contributed by atoms with E-state index in [4.69, 9.17) is 15.3 Å². The number of aromatic hydroxyl groups is 1. The summed E-state index contributed by atoms with van der Waals surface area (Å²) >= 11 is 0.0461.